The molecule has 0 radical (unpaired) electrons. The average Bonchev–Trinajstić information content (AvgIpc) is 3.02. The van der Waals surface area contributed by atoms with Gasteiger partial charge in [0.25, 0.3) is 0 Å². The third-order valence-corrected chi connectivity index (χ3v) is 4.83. The molecule has 2 unspecified atom stereocenters. The fourth-order valence-electron chi connectivity index (χ4n) is 3.61. The van der Waals surface area contributed by atoms with Crippen molar-refractivity contribution in [2.45, 2.75) is 63.0 Å². The van der Waals surface area contributed by atoms with Crippen LogP contribution in [-0.2, 0) is 0 Å². The zero-order valence-corrected chi connectivity index (χ0v) is 11.6. The van der Waals surface area contributed by atoms with Crippen LogP contribution in [0.25, 0.3) is 0 Å². The first-order valence-corrected chi connectivity index (χ1v) is 7.86. The summed E-state index contributed by atoms with van der Waals surface area (Å²) in [6.45, 7) is 1.04. The smallest absolute Gasteiger partial charge is 0.0942 e. The minimum atomic E-state index is -0.345. The normalized spacial score (nSPS) is 26.5. The number of hydrogen-bond donors (Lipinski definition) is 2. The fraction of sp³-hybridized carbons (Fsp3) is 0.647. The van der Waals surface area contributed by atoms with E-state index in [9.17, 15) is 5.11 Å². The molecule has 2 heteroatoms. The minimum Gasteiger partial charge on any atom is -0.387 e. The van der Waals surface area contributed by atoms with E-state index in [4.69, 9.17) is 0 Å². The van der Waals surface area contributed by atoms with Crippen molar-refractivity contribution in [2.24, 2.45) is 0 Å². The van der Waals surface area contributed by atoms with E-state index in [1.807, 2.05) is 0 Å². The van der Waals surface area contributed by atoms with Crippen LogP contribution >= 0.6 is 0 Å². The van der Waals surface area contributed by atoms with Crippen molar-refractivity contribution in [2.75, 3.05) is 6.54 Å². The van der Waals surface area contributed by atoms with E-state index in [1.165, 1.54) is 44.1 Å². The molecule has 3 rings (SSSR count). The van der Waals surface area contributed by atoms with Crippen LogP contribution in [0.1, 0.15) is 68.1 Å². The predicted octanol–water partition coefficient (Wildman–Crippen LogP) is 3.52. The second-order valence-corrected chi connectivity index (χ2v) is 6.15. The highest BCUT2D eigenvalue weighted by Gasteiger charge is 2.24. The number of benzene rings is 1. The van der Waals surface area contributed by atoms with Gasteiger partial charge in [-0.1, -0.05) is 43.5 Å². The van der Waals surface area contributed by atoms with E-state index >= 15 is 0 Å². The summed E-state index contributed by atoms with van der Waals surface area (Å²) in [6.07, 6.45) is 8.76. The Morgan fingerprint density at radius 2 is 1.68 bits per heavy atom. The maximum absolute atomic E-state index is 10.4. The molecule has 2 aliphatic rings. The Bertz CT molecular complexity index is 388. The fourth-order valence-corrected chi connectivity index (χ4v) is 3.61. The van der Waals surface area contributed by atoms with Crippen molar-refractivity contribution >= 4 is 0 Å². The highest BCUT2D eigenvalue weighted by Crippen LogP contribution is 2.33. The molecule has 0 aromatic heterocycles. The van der Waals surface area contributed by atoms with Gasteiger partial charge in [0.05, 0.1) is 6.10 Å². The van der Waals surface area contributed by atoms with Gasteiger partial charge < -0.3 is 10.4 Å². The third kappa shape index (κ3) is 3.01. The van der Waals surface area contributed by atoms with E-state index in [0.29, 0.717) is 0 Å². The van der Waals surface area contributed by atoms with Crippen LogP contribution in [0.15, 0.2) is 24.3 Å². The first-order chi connectivity index (χ1) is 9.34. The highest BCUT2D eigenvalue weighted by molar-refractivity contribution is 5.28. The number of aliphatic hydroxyl groups excluding tert-OH is 1. The lowest BCUT2D eigenvalue weighted by atomic mass is 9.83. The zero-order valence-electron chi connectivity index (χ0n) is 11.6. The van der Waals surface area contributed by atoms with Gasteiger partial charge in [-0.3, -0.25) is 0 Å². The number of nitrogens with one attached hydrogen (secondary N) is 1. The molecule has 2 fully saturated rings. The predicted molar refractivity (Wildman–Crippen MR) is 78.3 cm³/mol. The Kier molecular flexibility index (Phi) is 4.19. The van der Waals surface area contributed by atoms with E-state index in [0.717, 1.165) is 24.4 Å². The average molecular weight is 259 g/mol. The van der Waals surface area contributed by atoms with Gasteiger partial charge in [-0.2, -0.15) is 0 Å². The Morgan fingerprint density at radius 1 is 0.947 bits per heavy atom. The third-order valence-electron chi connectivity index (χ3n) is 4.83. The molecular formula is C17H25NO. The molecular weight excluding hydrogens is 234 g/mol. The number of aliphatic hydroxyl groups is 1. The molecule has 1 aromatic carbocycles. The van der Waals surface area contributed by atoms with Crippen LogP contribution in [0.2, 0.25) is 0 Å². The largest absolute Gasteiger partial charge is 0.387 e. The van der Waals surface area contributed by atoms with Crippen LogP contribution in [0.5, 0.6) is 0 Å². The molecule has 2 nitrogen and oxygen atoms in total. The monoisotopic (exact) mass is 259 g/mol. The molecule has 1 aromatic rings. The van der Waals surface area contributed by atoms with Crippen molar-refractivity contribution in [1.29, 1.82) is 0 Å². The van der Waals surface area contributed by atoms with Crippen LogP contribution in [0.4, 0.5) is 0 Å². The summed E-state index contributed by atoms with van der Waals surface area (Å²) >= 11 is 0. The molecule has 0 amide bonds. The summed E-state index contributed by atoms with van der Waals surface area (Å²) in [5, 5.41) is 13.7. The molecule has 2 atom stereocenters. The molecule has 104 valence electrons. The molecule has 1 heterocycles. The molecule has 1 saturated heterocycles. The van der Waals surface area contributed by atoms with Gasteiger partial charge in [0.2, 0.25) is 0 Å². The molecule has 2 N–H and O–H groups in total. The summed E-state index contributed by atoms with van der Waals surface area (Å²) in [7, 11) is 0. The molecule has 0 bridgehead atoms. The molecule has 19 heavy (non-hydrogen) atoms. The Labute approximate surface area is 116 Å². The minimum absolute atomic E-state index is 0.250. The van der Waals surface area contributed by atoms with Gasteiger partial charge in [0, 0.05) is 6.04 Å². The Balaban J connectivity index is 1.67. The highest BCUT2D eigenvalue weighted by atomic mass is 16.3. The molecule has 1 saturated carbocycles. The number of hydrogen-bond acceptors (Lipinski definition) is 2. The number of rotatable bonds is 3. The Hall–Kier alpha value is -0.860. The maximum atomic E-state index is 10.4. The zero-order chi connectivity index (χ0) is 13.1. The van der Waals surface area contributed by atoms with Gasteiger partial charge >= 0.3 is 0 Å². The lowest BCUT2D eigenvalue weighted by molar-refractivity contribution is 0.137. The summed E-state index contributed by atoms with van der Waals surface area (Å²) in [5.41, 5.74) is 2.54. The van der Waals surface area contributed by atoms with Crippen molar-refractivity contribution in [3.05, 3.63) is 35.4 Å². The molecule has 1 aliphatic heterocycles. The van der Waals surface area contributed by atoms with Gasteiger partial charge in [-0.25, -0.2) is 0 Å². The van der Waals surface area contributed by atoms with E-state index in [1.54, 1.807) is 0 Å². The summed E-state index contributed by atoms with van der Waals surface area (Å²) in [6, 6.07) is 9.00. The lowest BCUT2D eigenvalue weighted by Gasteiger charge is -2.23. The summed E-state index contributed by atoms with van der Waals surface area (Å²) in [5.74, 6) is 0.754. The van der Waals surface area contributed by atoms with Crippen LogP contribution in [0, 0.1) is 0 Å². The van der Waals surface area contributed by atoms with Crippen molar-refractivity contribution in [1.82, 2.24) is 5.32 Å². The second-order valence-electron chi connectivity index (χ2n) is 6.15. The van der Waals surface area contributed by atoms with E-state index in [2.05, 4.69) is 29.6 Å². The van der Waals surface area contributed by atoms with Crippen LogP contribution < -0.4 is 5.32 Å². The molecule has 1 aliphatic carbocycles. The maximum Gasteiger partial charge on any atom is 0.0942 e. The standard InChI is InChI=1S/C17H25NO/c19-17(16-7-4-12-18-16)15-10-8-14(9-11-15)13-5-2-1-3-6-13/h8-11,13,16-19H,1-7,12H2. The van der Waals surface area contributed by atoms with E-state index < -0.39 is 0 Å². The second kappa shape index (κ2) is 6.06. The quantitative estimate of drug-likeness (QED) is 0.870. The topological polar surface area (TPSA) is 32.3 Å². The van der Waals surface area contributed by atoms with Crippen molar-refractivity contribution < 1.29 is 5.11 Å². The van der Waals surface area contributed by atoms with Gasteiger partial charge in [-0.05, 0) is 49.3 Å². The van der Waals surface area contributed by atoms with Gasteiger partial charge in [-0.15, -0.1) is 0 Å². The first-order valence-electron chi connectivity index (χ1n) is 7.86. The first kappa shape index (κ1) is 13.1. The summed E-state index contributed by atoms with van der Waals surface area (Å²) < 4.78 is 0. The SMILES string of the molecule is OC(c1ccc(C2CCCCC2)cc1)C1CCCN1. The van der Waals surface area contributed by atoms with Crippen molar-refractivity contribution in [3.8, 4) is 0 Å². The van der Waals surface area contributed by atoms with Crippen LogP contribution in [0.3, 0.4) is 0 Å². The lowest BCUT2D eigenvalue weighted by Crippen LogP contribution is -2.28. The molecule has 0 spiro atoms. The summed E-state index contributed by atoms with van der Waals surface area (Å²) in [4.78, 5) is 0. The van der Waals surface area contributed by atoms with Crippen molar-refractivity contribution in [3.63, 3.8) is 0 Å². The van der Waals surface area contributed by atoms with Gasteiger partial charge in [0.1, 0.15) is 0 Å². The van der Waals surface area contributed by atoms with E-state index in [-0.39, 0.29) is 12.1 Å². The van der Waals surface area contributed by atoms with Crippen LogP contribution in [-0.4, -0.2) is 17.7 Å². The Morgan fingerprint density at radius 3 is 2.32 bits per heavy atom. The van der Waals surface area contributed by atoms with Gasteiger partial charge in [0.15, 0.2) is 0 Å².